The molecule has 2 atom stereocenters. The van der Waals surface area contributed by atoms with Gasteiger partial charge in [0.1, 0.15) is 5.92 Å². The number of carboxylic acids is 1. The zero-order chi connectivity index (χ0) is 16.6. The second-order valence-corrected chi connectivity index (χ2v) is 6.14. The van der Waals surface area contributed by atoms with Crippen LogP contribution in [0.3, 0.4) is 0 Å². The van der Waals surface area contributed by atoms with E-state index in [0.717, 1.165) is 5.56 Å². The van der Waals surface area contributed by atoms with Crippen molar-refractivity contribution in [2.45, 2.75) is 25.4 Å². The average molecular weight is 330 g/mol. The normalized spacial score (nSPS) is 20.3. The Hall–Kier alpha value is -2.33. The lowest BCUT2D eigenvalue weighted by molar-refractivity contribution is -0.140. The molecule has 2 unspecified atom stereocenters. The number of rotatable bonds is 3. The predicted octanol–water partition coefficient (Wildman–Crippen LogP) is 3.55. The Kier molecular flexibility index (Phi) is 4.09. The molecule has 0 radical (unpaired) electrons. The minimum absolute atomic E-state index is 0.138. The summed E-state index contributed by atoms with van der Waals surface area (Å²) < 4.78 is 0. The third-order valence-electron chi connectivity index (χ3n) is 4.29. The van der Waals surface area contributed by atoms with Crippen LogP contribution in [-0.4, -0.2) is 27.9 Å². The van der Waals surface area contributed by atoms with Gasteiger partial charge in [0.15, 0.2) is 0 Å². The maximum absolute atomic E-state index is 12.8. The summed E-state index contributed by atoms with van der Waals surface area (Å²) in [7, 11) is 0. The van der Waals surface area contributed by atoms with E-state index in [0.29, 0.717) is 22.7 Å². The molecule has 4 nitrogen and oxygen atoms in total. The van der Waals surface area contributed by atoms with E-state index in [9.17, 15) is 14.7 Å². The highest BCUT2D eigenvalue weighted by Crippen LogP contribution is 2.34. The lowest BCUT2D eigenvalue weighted by Gasteiger charge is -2.38. The summed E-state index contributed by atoms with van der Waals surface area (Å²) >= 11 is 5.89. The van der Waals surface area contributed by atoms with Crippen LogP contribution in [0.2, 0.25) is 5.02 Å². The molecule has 2 aromatic carbocycles. The molecule has 1 aliphatic rings. The Labute approximate surface area is 139 Å². The van der Waals surface area contributed by atoms with E-state index in [1.807, 2.05) is 12.1 Å². The summed E-state index contributed by atoms with van der Waals surface area (Å²) in [6.07, 6.45) is 0. The lowest BCUT2D eigenvalue weighted by Crippen LogP contribution is -2.48. The lowest BCUT2D eigenvalue weighted by atomic mass is 9.83. The second-order valence-electron chi connectivity index (χ2n) is 5.70. The van der Waals surface area contributed by atoms with Gasteiger partial charge in [-0.15, -0.1) is 0 Å². The van der Waals surface area contributed by atoms with Crippen LogP contribution in [0.15, 0.2) is 48.5 Å². The molecule has 2 aromatic rings. The quantitative estimate of drug-likeness (QED) is 0.936. The van der Waals surface area contributed by atoms with Crippen LogP contribution in [0, 0.1) is 0 Å². The van der Waals surface area contributed by atoms with Crippen molar-refractivity contribution in [2.24, 2.45) is 0 Å². The number of carbonyl (C=O) groups is 2. The molecule has 0 aromatic heterocycles. The first-order chi connectivity index (χ1) is 11.0. The molecule has 1 N–H and O–H groups in total. The van der Waals surface area contributed by atoms with Gasteiger partial charge in [0.25, 0.3) is 5.91 Å². The summed E-state index contributed by atoms with van der Waals surface area (Å²) in [5, 5.41) is 10.2. The Morgan fingerprint density at radius 1 is 1.17 bits per heavy atom. The maximum Gasteiger partial charge on any atom is 0.313 e. The van der Waals surface area contributed by atoms with Crippen molar-refractivity contribution in [2.75, 3.05) is 0 Å². The Balaban J connectivity index is 1.99. The Bertz CT molecular complexity index is 757. The van der Waals surface area contributed by atoms with Gasteiger partial charge in [-0.1, -0.05) is 41.9 Å². The van der Waals surface area contributed by atoms with E-state index < -0.39 is 17.9 Å². The van der Waals surface area contributed by atoms with Crippen LogP contribution < -0.4 is 0 Å². The van der Waals surface area contributed by atoms with Crippen molar-refractivity contribution in [3.8, 4) is 0 Å². The van der Waals surface area contributed by atoms with Crippen molar-refractivity contribution in [1.82, 2.24) is 4.90 Å². The van der Waals surface area contributed by atoms with Crippen molar-refractivity contribution in [3.63, 3.8) is 0 Å². The molecular weight excluding hydrogens is 314 g/mol. The molecule has 0 fully saturated rings. The number of nitrogens with zero attached hydrogens (tertiary/aromatic N) is 1. The fraction of sp³-hybridized carbons (Fsp3) is 0.222. The van der Waals surface area contributed by atoms with E-state index in [4.69, 9.17) is 11.6 Å². The van der Waals surface area contributed by atoms with Gasteiger partial charge in [0.05, 0.1) is 0 Å². The number of carbonyl (C=O) groups excluding carboxylic acids is 1. The molecule has 0 saturated carbocycles. The predicted molar refractivity (Wildman–Crippen MR) is 87.6 cm³/mol. The largest absolute Gasteiger partial charge is 0.481 e. The molecule has 1 amide bonds. The first-order valence-corrected chi connectivity index (χ1v) is 7.74. The molecule has 1 aliphatic heterocycles. The topological polar surface area (TPSA) is 57.6 Å². The standard InChI is InChI=1S/C18H16ClNO3/c1-11-16(18(22)23)14-4-2-3-5-15(14)17(21)20(11)10-12-6-8-13(19)9-7-12/h2-9,11,16H,10H2,1H3,(H,22,23). The number of aliphatic carboxylic acids is 1. The van der Waals surface area contributed by atoms with Crippen molar-refractivity contribution in [1.29, 1.82) is 0 Å². The fourth-order valence-corrected chi connectivity index (χ4v) is 3.21. The zero-order valence-corrected chi connectivity index (χ0v) is 13.3. The molecule has 0 aliphatic carbocycles. The molecule has 0 spiro atoms. The third kappa shape index (κ3) is 2.82. The van der Waals surface area contributed by atoms with E-state index in [-0.39, 0.29) is 5.91 Å². The molecular formula is C18H16ClNO3. The average Bonchev–Trinajstić information content (AvgIpc) is 2.53. The molecule has 1 heterocycles. The second kappa shape index (κ2) is 6.05. The first kappa shape index (κ1) is 15.6. The van der Waals surface area contributed by atoms with Crippen LogP contribution in [0.25, 0.3) is 0 Å². The number of halogens is 1. The third-order valence-corrected chi connectivity index (χ3v) is 4.55. The maximum atomic E-state index is 12.8. The van der Waals surface area contributed by atoms with Gasteiger partial charge in [0, 0.05) is 23.2 Å². The molecule has 23 heavy (non-hydrogen) atoms. The van der Waals surface area contributed by atoms with Crippen molar-refractivity contribution < 1.29 is 14.7 Å². The van der Waals surface area contributed by atoms with Crippen molar-refractivity contribution in [3.05, 3.63) is 70.2 Å². The zero-order valence-electron chi connectivity index (χ0n) is 12.6. The van der Waals surface area contributed by atoms with Gasteiger partial charge < -0.3 is 10.0 Å². The van der Waals surface area contributed by atoms with Crippen LogP contribution in [0.4, 0.5) is 0 Å². The summed E-state index contributed by atoms with van der Waals surface area (Å²) in [5.74, 6) is -1.78. The molecule has 0 saturated heterocycles. The first-order valence-electron chi connectivity index (χ1n) is 7.36. The molecule has 118 valence electrons. The molecule has 0 bridgehead atoms. The van der Waals surface area contributed by atoms with Gasteiger partial charge in [-0.2, -0.15) is 0 Å². The smallest absolute Gasteiger partial charge is 0.313 e. The van der Waals surface area contributed by atoms with Gasteiger partial charge in [0.2, 0.25) is 0 Å². The minimum atomic E-state index is -0.918. The highest BCUT2D eigenvalue weighted by Gasteiger charge is 2.40. The number of amides is 1. The Morgan fingerprint density at radius 3 is 2.48 bits per heavy atom. The fourth-order valence-electron chi connectivity index (χ4n) is 3.08. The highest BCUT2D eigenvalue weighted by molar-refractivity contribution is 6.30. The van der Waals surface area contributed by atoms with Crippen LogP contribution in [-0.2, 0) is 11.3 Å². The van der Waals surface area contributed by atoms with Gasteiger partial charge >= 0.3 is 5.97 Å². The highest BCUT2D eigenvalue weighted by atomic mass is 35.5. The number of benzene rings is 2. The summed E-state index contributed by atoms with van der Waals surface area (Å²) in [6, 6.07) is 13.7. The van der Waals surface area contributed by atoms with E-state index in [1.165, 1.54) is 0 Å². The van der Waals surface area contributed by atoms with Crippen molar-refractivity contribution >= 4 is 23.5 Å². The summed E-state index contributed by atoms with van der Waals surface area (Å²) in [6.45, 7) is 2.14. The summed E-state index contributed by atoms with van der Waals surface area (Å²) in [5.41, 5.74) is 1.97. The SMILES string of the molecule is CC1C(C(=O)O)c2ccccc2C(=O)N1Cc1ccc(Cl)cc1. The van der Waals surface area contributed by atoms with Gasteiger partial charge in [-0.05, 0) is 36.2 Å². The van der Waals surface area contributed by atoms with Crippen LogP contribution in [0.1, 0.15) is 34.3 Å². The van der Waals surface area contributed by atoms with E-state index in [1.54, 1.807) is 48.2 Å². The molecule has 3 rings (SSSR count). The van der Waals surface area contributed by atoms with Gasteiger partial charge in [-0.25, -0.2) is 0 Å². The van der Waals surface area contributed by atoms with E-state index in [2.05, 4.69) is 0 Å². The molecule has 5 heteroatoms. The number of carboxylic acid groups (broad SMARTS) is 1. The Morgan fingerprint density at radius 2 is 1.83 bits per heavy atom. The van der Waals surface area contributed by atoms with E-state index >= 15 is 0 Å². The van der Waals surface area contributed by atoms with Crippen LogP contribution >= 0.6 is 11.6 Å². The number of hydrogen-bond donors (Lipinski definition) is 1. The monoisotopic (exact) mass is 329 g/mol. The summed E-state index contributed by atoms with van der Waals surface area (Å²) in [4.78, 5) is 26.1. The number of fused-ring (bicyclic) bond motifs is 1. The van der Waals surface area contributed by atoms with Crippen LogP contribution in [0.5, 0.6) is 0 Å². The minimum Gasteiger partial charge on any atom is -0.481 e. The number of hydrogen-bond acceptors (Lipinski definition) is 2. The van der Waals surface area contributed by atoms with Gasteiger partial charge in [-0.3, -0.25) is 9.59 Å².